The molecule has 0 aliphatic carbocycles. The van der Waals surface area contributed by atoms with E-state index in [-0.39, 0.29) is 11.9 Å². The highest BCUT2D eigenvalue weighted by atomic mass is 16.2. The first-order valence-corrected chi connectivity index (χ1v) is 7.98. The quantitative estimate of drug-likeness (QED) is 0.898. The molecule has 3 amide bonds. The van der Waals surface area contributed by atoms with Gasteiger partial charge in [-0.25, -0.2) is 4.79 Å². The fourth-order valence-corrected chi connectivity index (χ4v) is 2.71. The summed E-state index contributed by atoms with van der Waals surface area (Å²) in [6, 6.07) is 7.71. The van der Waals surface area contributed by atoms with Crippen LogP contribution in [0, 0.1) is 12.8 Å². The number of nitrogens with zero attached hydrogens (tertiary/aromatic N) is 1. The summed E-state index contributed by atoms with van der Waals surface area (Å²) in [6.07, 6.45) is 2.54. The fourth-order valence-electron chi connectivity index (χ4n) is 2.71. The minimum absolute atomic E-state index is 0.0548. The van der Waals surface area contributed by atoms with Crippen LogP contribution < -0.4 is 10.6 Å². The van der Waals surface area contributed by atoms with Crippen molar-refractivity contribution in [1.82, 2.24) is 10.2 Å². The van der Waals surface area contributed by atoms with Crippen molar-refractivity contribution >= 4 is 17.6 Å². The molecule has 1 aliphatic heterocycles. The first-order valence-electron chi connectivity index (χ1n) is 7.98. The summed E-state index contributed by atoms with van der Waals surface area (Å²) in [7, 11) is 0. The Hall–Kier alpha value is -2.04. The van der Waals surface area contributed by atoms with E-state index in [0.29, 0.717) is 25.4 Å². The highest BCUT2D eigenvalue weighted by molar-refractivity contribution is 5.90. The van der Waals surface area contributed by atoms with E-state index in [4.69, 9.17) is 0 Å². The summed E-state index contributed by atoms with van der Waals surface area (Å²) in [5.74, 6) is 0.411. The van der Waals surface area contributed by atoms with E-state index in [0.717, 1.165) is 30.6 Å². The molecule has 120 valence electrons. The zero-order chi connectivity index (χ0) is 15.9. The van der Waals surface area contributed by atoms with Crippen LogP contribution >= 0.6 is 0 Å². The maximum Gasteiger partial charge on any atom is 0.321 e. The van der Waals surface area contributed by atoms with Crippen LogP contribution in [-0.2, 0) is 4.79 Å². The van der Waals surface area contributed by atoms with Gasteiger partial charge in [-0.15, -0.1) is 0 Å². The summed E-state index contributed by atoms with van der Waals surface area (Å²) < 4.78 is 0. The number of aryl methyl sites for hydroxylation is 1. The molecule has 0 spiro atoms. The second-order valence-corrected chi connectivity index (χ2v) is 5.86. The van der Waals surface area contributed by atoms with Crippen molar-refractivity contribution in [2.75, 3.05) is 25.0 Å². The summed E-state index contributed by atoms with van der Waals surface area (Å²) >= 11 is 0. The second kappa shape index (κ2) is 7.82. The SMILES string of the molecule is CCC(=O)NCC1CCCN(C(=O)Nc2ccccc2C)C1. The van der Waals surface area contributed by atoms with Crippen molar-refractivity contribution in [3.8, 4) is 0 Å². The number of carbonyl (C=O) groups is 2. The Morgan fingerprint density at radius 2 is 2.09 bits per heavy atom. The average molecular weight is 303 g/mol. The number of rotatable bonds is 4. The number of benzene rings is 1. The van der Waals surface area contributed by atoms with Crippen LogP contribution in [0.25, 0.3) is 0 Å². The molecule has 0 bridgehead atoms. The lowest BCUT2D eigenvalue weighted by Crippen LogP contribution is -2.45. The van der Waals surface area contributed by atoms with Gasteiger partial charge in [-0.2, -0.15) is 0 Å². The highest BCUT2D eigenvalue weighted by Gasteiger charge is 2.24. The molecule has 5 heteroatoms. The molecule has 1 aromatic rings. The van der Waals surface area contributed by atoms with E-state index in [9.17, 15) is 9.59 Å². The van der Waals surface area contributed by atoms with Crippen molar-refractivity contribution in [2.45, 2.75) is 33.1 Å². The van der Waals surface area contributed by atoms with Gasteiger partial charge in [0.1, 0.15) is 0 Å². The number of urea groups is 1. The van der Waals surface area contributed by atoms with Crippen molar-refractivity contribution < 1.29 is 9.59 Å². The molecule has 0 saturated carbocycles. The smallest absolute Gasteiger partial charge is 0.321 e. The zero-order valence-electron chi connectivity index (χ0n) is 13.4. The van der Waals surface area contributed by atoms with Gasteiger partial charge in [-0.3, -0.25) is 4.79 Å². The van der Waals surface area contributed by atoms with Crippen LogP contribution in [0.1, 0.15) is 31.7 Å². The molecule has 1 atom stereocenters. The molecule has 1 aromatic carbocycles. The number of carbonyl (C=O) groups excluding carboxylic acids is 2. The Balaban J connectivity index is 1.87. The highest BCUT2D eigenvalue weighted by Crippen LogP contribution is 2.18. The minimum atomic E-state index is -0.0548. The lowest BCUT2D eigenvalue weighted by molar-refractivity contribution is -0.121. The van der Waals surface area contributed by atoms with Crippen molar-refractivity contribution in [3.05, 3.63) is 29.8 Å². The van der Waals surface area contributed by atoms with Gasteiger partial charge in [-0.1, -0.05) is 25.1 Å². The lowest BCUT2D eigenvalue weighted by atomic mass is 9.98. The number of likely N-dealkylation sites (tertiary alicyclic amines) is 1. The van der Waals surface area contributed by atoms with Crippen LogP contribution in [-0.4, -0.2) is 36.5 Å². The third-order valence-corrected chi connectivity index (χ3v) is 4.10. The van der Waals surface area contributed by atoms with E-state index < -0.39 is 0 Å². The van der Waals surface area contributed by atoms with Gasteiger partial charge < -0.3 is 15.5 Å². The maximum atomic E-state index is 12.4. The predicted octanol–water partition coefficient (Wildman–Crippen LogP) is 2.77. The average Bonchev–Trinajstić information content (AvgIpc) is 2.55. The Morgan fingerprint density at radius 1 is 1.32 bits per heavy atom. The standard InChI is InChI=1S/C17H25N3O2/c1-3-16(21)18-11-14-8-6-10-20(12-14)17(22)19-15-9-5-4-7-13(15)2/h4-5,7,9,14H,3,6,8,10-12H2,1-2H3,(H,18,21)(H,19,22). The third kappa shape index (κ3) is 4.48. The molecular weight excluding hydrogens is 278 g/mol. The Bertz CT molecular complexity index is 530. The first-order chi connectivity index (χ1) is 10.6. The van der Waals surface area contributed by atoms with Crippen LogP contribution in [0.4, 0.5) is 10.5 Å². The number of para-hydroxylation sites is 1. The lowest BCUT2D eigenvalue weighted by Gasteiger charge is -2.33. The van der Waals surface area contributed by atoms with E-state index >= 15 is 0 Å². The first kappa shape index (κ1) is 16.3. The summed E-state index contributed by atoms with van der Waals surface area (Å²) in [5, 5.41) is 5.90. The van der Waals surface area contributed by atoms with Crippen molar-refractivity contribution in [1.29, 1.82) is 0 Å². The second-order valence-electron chi connectivity index (χ2n) is 5.86. The van der Waals surface area contributed by atoms with E-state index in [1.807, 2.05) is 43.0 Å². The molecule has 1 unspecified atom stereocenters. The topological polar surface area (TPSA) is 61.4 Å². The number of anilines is 1. The summed E-state index contributed by atoms with van der Waals surface area (Å²) in [6.45, 7) is 5.95. The van der Waals surface area contributed by atoms with Gasteiger partial charge in [0.2, 0.25) is 5.91 Å². The van der Waals surface area contributed by atoms with Gasteiger partial charge in [-0.05, 0) is 37.3 Å². The molecular formula is C17H25N3O2. The molecule has 5 nitrogen and oxygen atoms in total. The van der Waals surface area contributed by atoms with Crippen LogP contribution in [0.5, 0.6) is 0 Å². The van der Waals surface area contributed by atoms with Gasteiger partial charge in [0, 0.05) is 31.7 Å². The molecule has 2 rings (SSSR count). The molecule has 1 heterocycles. The Morgan fingerprint density at radius 3 is 2.82 bits per heavy atom. The van der Waals surface area contributed by atoms with Gasteiger partial charge in [0.05, 0.1) is 0 Å². The normalized spacial score (nSPS) is 17.9. The van der Waals surface area contributed by atoms with Gasteiger partial charge >= 0.3 is 6.03 Å². The van der Waals surface area contributed by atoms with Crippen molar-refractivity contribution in [3.63, 3.8) is 0 Å². The van der Waals surface area contributed by atoms with E-state index in [1.54, 1.807) is 0 Å². The van der Waals surface area contributed by atoms with Gasteiger partial charge in [0.25, 0.3) is 0 Å². The number of piperidine rings is 1. The predicted molar refractivity (Wildman–Crippen MR) is 87.8 cm³/mol. The number of hydrogen-bond donors (Lipinski definition) is 2. The Kier molecular flexibility index (Phi) is 5.81. The van der Waals surface area contributed by atoms with Crippen LogP contribution in [0.15, 0.2) is 24.3 Å². The molecule has 0 aromatic heterocycles. The molecule has 0 radical (unpaired) electrons. The Labute approximate surface area is 132 Å². The number of hydrogen-bond acceptors (Lipinski definition) is 2. The maximum absolute atomic E-state index is 12.4. The van der Waals surface area contributed by atoms with E-state index in [2.05, 4.69) is 10.6 Å². The molecule has 1 fully saturated rings. The molecule has 2 N–H and O–H groups in total. The molecule has 1 aliphatic rings. The van der Waals surface area contributed by atoms with Crippen LogP contribution in [0.3, 0.4) is 0 Å². The molecule has 22 heavy (non-hydrogen) atoms. The van der Waals surface area contributed by atoms with E-state index in [1.165, 1.54) is 0 Å². The largest absolute Gasteiger partial charge is 0.356 e. The summed E-state index contributed by atoms with van der Waals surface area (Å²) in [4.78, 5) is 25.6. The van der Waals surface area contributed by atoms with Crippen LogP contribution in [0.2, 0.25) is 0 Å². The number of amides is 3. The monoisotopic (exact) mass is 303 g/mol. The minimum Gasteiger partial charge on any atom is -0.356 e. The van der Waals surface area contributed by atoms with Gasteiger partial charge in [0.15, 0.2) is 0 Å². The molecule has 1 saturated heterocycles. The third-order valence-electron chi connectivity index (χ3n) is 4.10. The summed E-state index contributed by atoms with van der Waals surface area (Å²) in [5.41, 5.74) is 1.91. The van der Waals surface area contributed by atoms with Crippen molar-refractivity contribution in [2.24, 2.45) is 5.92 Å². The zero-order valence-corrected chi connectivity index (χ0v) is 13.4. The number of nitrogens with one attached hydrogen (secondary N) is 2. The fraction of sp³-hybridized carbons (Fsp3) is 0.529.